The van der Waals surface area contributed by atoms with Crippen molar-refractivity contribution < 1.29 is 31.9 Å². The van der Waals surface area contributed by atoms with Crippen LogP contribution in [0, 0.1) is 0 Å². The molecule has 0 spiro atoms. The van der Waals surface area contributed by atoms with Gasteiger partial charge < -0.3 is 13.9 Å². The summed E-state index contributed by atoms with van der Waals surface area (Å²) in [4.78, 5) is 10.4. The highest BCUT2D eigenvalue weighted by atomic mass is 79.9. The molecule has 0 fully saturated rings. The quantitative estimate of drug-likeness (QED) is 0.759. The van der Waals surface area contributed by atoms with E-state index in [1.807, 2.05) is 0 Å². The third-order valence-electron chi connectivity index (χ3n) is 2.07. The highest BCUT2D eigenvalue weighted by molar-refractivity contribution is 9.10. The van der Waals surface area contributed by atoms with Gasteiger partial charge in [-0.15, -0.1) is 13.2 Å². The number of carbonyl (C=O) groups excluding carboxylic acids is 1. The van der Waals surface area contributed by atoms with E-state index < -0.39 is 12.1 Å². The molecule has 4 nitrogen and oxygen atoms in total. The minimum Gasteiger partial charge on any atom is -0.426 e. The number of rotatable bonds is 4. The van der Waals surface area contributed by atoms with E-state index in [-0.39, 0.29) is 21.9 Å². The lowest BCUT2D eigenvalue weighted by Gasteiger charge is -2.11. The zero-order valence-electron chi connectivity index (χ0n) is 9.61. The van der Waals surface area contributed by atoms with Crippen LogP contribution in [0.5, 0.6) is 17.4 Å². The van der Waals surface area contributed by atoms with Crippen molar-refractivity contribution in [3.8, 4) is 17.4 Å². The number of carbonyl (C=O) groups is 1. The second kappa shape index (κ2) is 5.58. The van der Waals surface area contributed by atoms with E-state index in [4.69, 9.17) is 9.15 Å². The summed E-state index contributed by atoms with van der Waals surface area (Å²) in [6.45, 7) is 0. The highest BCUT2D eigenvalue weighted by Gasteiger charge is 2.32. The molecule has 1 aromatic carbocycles. The van der Waals surface area contributed by atoms with Crippen molar-refractivity contribution in [2.75, 3.05) is 0 Å². The van der Waals surface area contributed by atoms with Crippen LogP contribution in [-0.2, 0) is 0 Å². The van der Waals surface area contributed by atoms with E-state index in [9.17, 15) is 18.0 Å². The van der Waals surface area contributed by atoms with Crippen molar-refractivity contribution in [3.05, 3.63) is 40.6 Å². The Balaban J connectivity index is 2.14. The van der Waals surface area contributed by atoms with Crippen LogP contribution in [0.4, 0.5) is 13.2 Å². The van der Waals surface area contributed by atoms with E-state index in [0.717, 1.165) is 6.07 Å². The van der Waals surface area contributed by atoms with E-state index >= 15 is 0 Å². The largest absolute Gasteiger partial charge is 0.573 e. The predicted octanol–water partition coefficient (Wildman–Crippen LogP) is 4.55. The zero-order chi connectivity index (χ0) is 14.8. The fourth-order valence-electron chi connectivity index (χ4n) is 1.32. The predicted molar refractivity (Wildman–Crippen MR) is 65.0 cm³/mol. The minimum absolute atomic E-state index is 0.0449. The van der Waals surface area contributed by atoms with Gasteiger partial charge in [-0.3, -0.25) is 4.79 Å². The number of hydrogen-bond acceptors (Lipinski definition) is 4. The molecule has 106 valence electrons. The lowest BCUT2D eigenvalue weighted by Crippen LogP contribution is -2.17. The van der Waals surface area contributed by atoms with Crippen molar-refractivity contribution >= 4 is 22.2 Å². The van der Waals surface area contributed by atoms with Crippen LogP contribution in [0.15, 0.2) is 39.2 Å². The van der Waals surface area contributed by atoms with Crippen molar-refractivity contribution in [1.29, 1.82) is 0 Å². The maximum absolute atomic E-state index is 12.1. The first-order chi connectivity index (χ1) is 9.37. The summed E-state index contributed by atoms with van der Waals surface area (Å²) in [5, 5.41) is 0. The molecule has 0 N–H and O–H groups in total. The van der Waals surface area contributed by atoms with Gasteiger partial charge in [0.2, 0.25) is 0 Å². The molecule has 8 heteroatoms. The SMILES string of the molecule is O=Cc1ccc(Oc2ccc(OC(F)(F)F)c(Br)c2)o1. The fourth-order valence-corrected chi connectivity index (χ4v) is 1.76. The summed E-state index contributed by atoms with van der Waals surface area (Å²) in [6, 6.07) is 6.46. The van der Waals surface area contributed by atoms with Crippen LogP contribution in [0.2, 0.25) is 0 Å². The Hall–Kier alpha value is -1.96. The third-order valence-corrected chi connectivity index (χ3v) is 2.69. The third kappa shape index (κ3) is 3.77. The number of hydrogen-bond donors (Lipinski definition) is 0. The van der Waals surface area contributed by atoms with Crippen LogP contribution >= 0.6 is 15.9 Å². The average molecular weight is 351 g/mol. The van der Waals surface area contributed by atoms with Gasteiger partial charge in [0, 0.05) is 6.07 Å². The topological polar surface area (TPSA) is 48.7 Å². The molecule has 0 saturated carbocycles. The molecule has 0 saturated heterocycles. The molecule has 1 heterocycles. The van der Waals surface area contributed by atoms with Gasteiger partial charge in [0.1, 0.15) is 11.5 Å². The molecule has 0 aliphatic carbocycles. The zero-order valence-corrected chi connectivity index (χ0v) is 11.2. The molecule has 2 aromatic rings. The summed E-state index contributed by atoms with van der Waals surface area (Å²) < 4.78 is 50.3. The maximum atomic E-state index is 12.1. The van der Waals surface area contributed by atoms with E-state index in [2.05, 4.69) is 20.7 Å². The molecule has 0 bridgehead atoms. The molecule has 0 unspecified atom stereocenters. The molecule has 0 atom stereocenters. The van der Waals surface area contributed by atoms with E-state index in [1.165, 1.54) is 24.3 Å². The van der Waals surface area contributed by atoms with Gasteiger partial charge in [-0.05, 0) is 40.2 Å². The smallest absolute Gasteiger partial charge is 0.426 e. The fraction of sp³-hybridized carbons (Fsp3) is 0.0833. The first-order valence-electron chi connectivity index (χ1n) is 5.15. The number of aldehydes is 1. The Labute approximate surface area is 119 Å². The molecule has 0 aliphatic heterocycles. The van der Waals surface area contributed by atoms with Crippen LogP contribution in [0.1, 0.15) is 10.6 Å². The van der Waals surface area contributed by atoms with Crippen LogP contribution in [0.25, 0.3) is 0 Å². The summed E-state index contributed by atoms with van der Waals surface area (Å²) in [6.07, 6.45) is -4.27. The maximum Gasteiger partial charge on any atom is 0.573 e. The number of furan rings is 1. The van der Waals surface area contributed by atoms with Crippen molar-refractivity contribution in [3.63, 3.8) is 0 Å². The van der Waals surface area contributed by atoms with Gasteiger partial charge in [-0.25, -0.2) is 0 Å². The van der Waals surface area contributed by atoms with Crippen LogP contribution < -0.4 is 9.47 Å². The Morgan fingerprint density at radius 3 is 2.50 bits per heavy atom. The van der Waals surface area contributed by atoms with Crippen molar-refractivity contribution in [2.24, 2.45) is 0 Å². The van der Waals surface area contributed by atoms with Gasteiger partial charge in [0.15, 0.2) is 12.0 Å². The average Bonchev–Trinajstić information content (AvgIpc) is 2.79. The van der Waals surface area contributed by atoms with Gasteiger partial charge in [0.05, 0.1) is 4.47 Å². The van der Waals surface area contributed by atoms with Gasteiger partial charge in [-0.1, -0.05) is 0 Å². The molecule has 0 radical (unpaired) electrons. The lowest BCUT2D eigenvalue weighted by atomic mass is 10.3. The number of alkyl halides is 3. The van der Waals surface area contributed by atoms with Gasteiger partial charge in [0.25, 0.3) is 5.95 Å². The molecule has 2 rings (SSSR count). The monoisotopic (exact) mass is 350 g/mol. The second-order valence-electron chi connectivity index (χ2n) is 3.52. The van der Waals surface area contributed by atoms with Crippen molar-refractivity contribution in [1.82, 2.24) is 0 Å². The first-order valence-corrected chi connectivity index (χ1v) is 5.95. The lowest BCUT2D eigenvalue weighted by molar-refractivity contribution is -0.274. The number of halogens is 4. The molecular weight excluding hydrogens is 345 g/mol. The van der Waals surface area contributed by atoms with Crippen LogP contribution in [0.3, 0.4) is 0 Å². The molecule has 0 aliphatic rings. The molecule has 1 aromatic heterocycles. The Kier molecular flexibility index (Phi) is 4.03. The Morgan fingerprint density at radius 2 is 1.95 bits per heavy atom. The second-order valence-corrected chi connectivity index (χ2v) is 4.37. The van der Waals surface area contributed by atoms with Crippen LogP contribution in [-0.4, -0.2) is 12.6 Å². The Morgan fingerprint density at radius 1 is 1.20 bits per heavy atom. The van der Waals surface area contributed by atoms with E-state index in [0.29, 0.717) is 6.29 Å². The first kappa shape index (κ1) is 14.4. The normalized spacial score (nSPS) is 11.2. The summed E-state index contributed by atoms with van der Waals surface area (Å²) in [7, 11) is 0. The number of ether oxygens (including phenoxy) is 2. The molecular formula is C12H6BrF3O4. The summed E-state index contributed by atoms with van der Waals surface area (Å²) in [5.41, 5.74) is 0. The standard InChI is InChI=1S/C12H6BrF3O4/c13-9-5-7(1-3-10(9)20-12(14,15)16)18-11-4-2-8(6-17)19-11/h1-6H. The van der Waals surface area contributed by atoms with Gasteiger partial charge in [-0.2, -0.15) is 0 Å². The van der Waals surface area contributed by atoms with E-state index in [1.54, 1.807) is 0 Å². The molecule has 20 heavy (non-hydrogen) atoms. The Bertz CT molecular complexity index is 621. The van der Waals surface area contributed by atoms with Gasteiger partial charge >= 0.3 is 6.36 Å². The summed E-state index contributed by atoms with van der Waals surface area (Å²) in [5.74, 6) is -0.0457. The van der Waals surface area contributed by atoms with Crippen molar-refractivity contribution in [2.45, 2.75) is 6.36 Å². The minimum atomic E-state index is -4.77. The molecule has 0 amide bonds. The summed E-state index contributed by atoms with van der Waals surface area (Å²) >= 11 is 2.94. The number of benzene rings is 1. The highest BCUT2D eigenvalue weighted by Crippen LogP contribution is 2.34.